The molecule has 8 rings (SSSR count). The van der Waals surface area contributed by atoms with E-state index in [1.807, 2.05) is 0 Å². The van der Waals surface area contributed by atoms with Crippen molar-refractivity contribution < 1.29 is 138 Å². The number of phenols is 5. The molecule has 28 heteroatoms. The van der Waals surface area contributed by atoms with Crippen molar-refractivity contribution in [1.82, 2.24) is 0 Å². The molecule has 1 unspecified atom stereocenters. The summed E-state index contributed by atoms with van der Waals surface area (Å²) in [5.41, 5.74) is 0.972. The fourth-order valence-electron chi connectivity index (χ4n) is 8.71. The van der Waals surface area contributed by atoms with E-state index < -0.39 is 166 Å². The van der Waals surface area contributed by atoms with Gasteiger partial charge in [0.15, 0.2) is 29.7 Å². The topological polar surface area (TPSA) is 447 Å². The Bertz CT molecular complexity index is 3000. The lowest BCUT2D eigenvalue weighted by Crippen LogP contribution is -2.64. The van der Waals surface area contributed by atoms with Gasteiger partial charge >= 0.3 is 23.9 Å². The molecule has 4 heterocycles. The molecule has 4 aliphatic rings. The highest BCUT2D eigenvalue weighted by Gasteiger charge is 2.53. The number of carboxylic acid groups (broad SMARTS) is 1. The molecule has 0 saturated carbocycles. The molecule has 0 radical (unpaired) electrons. The van der Waals surface area contributed by atoms with Gasteiger partial charge in [-0.05, 0) is 71.8 Å². The van der Waals surface area contributed by atoms with Crippen molar-refractivity contribution in [2.45, 2.75) is 105 Å². The molecule has 0 amide bonds. The van der Waals surface area contributed by atoms with Crippen LogP contribution in [0.2, 0.25) is 0 Å². The van der Waals surface area contributed by atoms with Gasteiger partial charge in [0.05, 0.1) is 11.6 Å². The second-order valence-corrected chi connectivity index (χ2v) is 19.0. The zero-order valence-electron chi connectivity index (χ0n) is 42.5. The van der Waals surface area contributed by atoms with E-state index in [-0.39, 0.29) is 45.4 Å². The first-order valence-electron chi connectivity index (χ1n) is 24.9. The Labute approximate surface area is 462 Å². The fraction of sp³-hybridized carbons (Fsp3) is 0.370. The SMILES string of the molecule is O=C(O)CC(=O)OC[C@H]1O[C@@H](Oc2cc(O)cc3c2C=C(O[C@@H]2O[C@H](COC(=O)/C=C/c4ccc(O)cc4)[C@@H](O)[C@H](O)[C@H]2O[C@@H]2O[C@H](COC(=O)/C=C/c4ccc(O)c(O)c4)[C@@H](O)[C@H](O)[C@H]2O)C(c2ccc(O)cc2)[OH+]3)[C@H](O)[C@@H](O)[C@@H]1O. The molecule has 0 aromatic heterocycles. The minimum atomic E-state index is -2.14. The number of aliphatic hydroxyl groups is 9. The molecule has 4 aromatic rings. The second-order valence-electron chi connectivity index (χ2n) is 19.0. The van der Waals surface area contributed by atoms with Gasteiger partial charge in [-0.25, -0.2) is 9.59 Å². The number of hydrogen-bond acceptors (Lipinski definition) is 26. The molecule has 0 spiro atoms. The first-order valence-corrected chi connectivity index (χ1v) is 24.9. The Kier molecular flexibility index (Phi) is 19.2. The third-order valence-corrected chi connectivity index (χ3v) is 13.1. The molecule has 3 saturated heterocycles. The minimum Gasteiger partial charge on any atom is -0.571 e. The number of ether oxygens (including phenoxy) is 10. The van der Waals surface area contributed by atoms with E-state index in [1.165, 1.54) is 85.0 Å². The average molecular weight is 1150 g/mol. The number of rotatable bonds is 19. The Balaban J connectivity index is 1.10. The first-order chi connectivity index (χ1) is 39.0. The van der Waals surface area contributed by atoms with E-state index in [4.69, 9.17) is 52.5 Å². The highest BCUT2D eigenvalue weighted by molar-refractivity contribution is 5.90. The van der Waals surface area contributed by atoms with Gasteiger partial charge in [0.1, 0.15) is 122 Å². The number of esters is 3. The summed E-state index contributed by atoms with van der Waals surface area (Å²) in [5, 5.41) is 148. The lowest BCUT2D eigenvalue weighted by Gasteiger charge is -2.46. The van der Waals surface area contributed by atoms with Crippen molar-refractivity contribution in [3.8, 4) is 40.2 Å². The Hall–Kier alpha value is -8.10. The van der Waals surface area contributed by atoms with Crippen LogP contribution in [-0.4, -0.2) is 212 Å². The van der Waals surface area contributed by atoms with E-state index in [9.17, 15) is 85.6 Å². The Morgan fingerprint density at radius 1 is 0.524 bits per heavy atom. The number of phenolic OH excluding ortho intramolecular Hbond substituents is 5. The quantitative estimate of drug-likeness (QED) is 0.0133. The van der Waals surface area contributed by atoms with Crippen molar-refractivity contribution in [2.75, 3.05) is 19.8 Å². The van der Waals surface area contributed by atoms with Crippen LogP contribution in [0, 0.1) is 0 Å². The summed E-state index contributed by atoms with van der Waals surface area (Å²) in [4.78, 5) is 48.8. The van der Waals surface area contributed by atoms with Gasteiger partial charge in [-0.1, -0.05) is 18.2 Å². The maximum Gasteiger partial charge on any atom is 0.330 e. The van der Waals surface area contributed by atoms with Gasteiger partial charge in [0.25, 0.3) is 11.9 Å². The van der Waals surface area contributed by atoms with Gasteiger partial charge in [-0.15, -0.1) is 0 Å². The summed E-state index contributed by atoms with van der Waals surface area (Å²) in [5.74, 6) is -6.97. The highest BCUT2D eigenvalue weighted by atomic mass is 16.8. The van der Waals surface area contributed by atoms with E-state index in [2.05, 4.69) is 0 Å². The molecule has 15 N–H and O–H groups in total. The molecule has 82 heavy (non-hydrogen) atoms. The molecule has 28 nitrogen and oxygen atoms in total. The average Bonchev–Trinajstić information content (AvgIpc) is 3.64. The van der Waals surface area contributed by atoms with Crippen LogP contribution in [0.1, 0.15) is 34.8 Å². The normalized spacial score (nSPS) is 29.9. The summed E-state index contributed by atoms with van der Waals surface area (Å²) in [7, 11) is 0. The van der Waals surface area contributed by atoms with Crippen LogP contribution in [0.3, 0.4) is 0 Å². The zero-order chi connectivity index (χ0) is 59.1. The van der Waals surface area contributed by atoms with Gasteiger partial charge in [-0.2, -0.15) is 0 Å². The summed E-state index contributed by atoms with van der Waals surface area (Å²) >= 11 is 0. The van der Waals surface area contributed by atoms with Crippen LogP contribution in [0.4, 0.5) is 0 Å². The minimum absolute atomic E-state index is 0.0331. The number of benzene rings is 4. The van der Waals surface area contributed by atoms with Crippen LogP contribution in [0.15, 0.2) is 96.8 Å². The van der Waals surface area contributed by atoms with Crippen molar-refractivity contribution in [2.24, 2.45) is 0 Å². The van der Waals surface area contributed by atoms with E-state index >= 15 is 0 Å². The van der Waals surface area contributed by atoms with Crippen LogP contribution >= 0.6 is 0 Å². The summed E-state index contributed by atoms with van der Waals surface area (Å²) < 4.78 is 56.4. The van der Waals surface area contributed by atoms with E-state index in [0.29, 0.717) is 5.56 Å². The molecule has 3 fully saturated rings. The number of fused-ring (bicyclic) bond motifs is 1. The standard InChI is InChI=1S/C54H56O28/c55-26-8-1-23(2-9-26)4-13-39(62)74-21-37-44(67)47(70)51(82-53-49(72)46(69)42(65)35(80-53)20-73-40(63)14-5-24-3-12-30(58)31(59)15-24)54(81-37)78-34-18-29-32(76-50(34)25-6-10-27(56)11-7-25)16-28(57)17-33(29)77-52-48(71)45(68)43(66)36(79-52)22-75-41(64)19-38(60)61/h1-18,35-37,42-59,65-72H,19-22H2,(H,60,61)/p+1/b13-4+,14-5+/t35-,36-,37-,42-,43-,44-,45+,46+,47+,48-,49-,50?,51-,52-,53+,54-/m1/s1. The zero-order valence-corrected chi connectivity index (χ0v) is 42.5. The number of aliphatic hydroxyl groups excluding tert-OH is 8. The lowest BCUT2D eigenvalue weighted by atomic mass is 9.97. The van der Waals surface area contributed by atoms with E-state index in [1.54, 1.807) is 0 Å². The predicted octanol–water partition coefficient (Wildman–Crippen LogP) is -1.07. The summed E-state index contributed by atoms with van der Waals surface area (Å²) in [6, 6.07) is 17.1. The number of aromatic hydroxyl groups is 6. The molecular weight excluding hydrogens is 1100 g/mol. The van der Waals surface area contributed by atoms with Gasteiger partial charge in [0, 0.05) is 24.3 Å². The van der Waals surface area contributed by atoms with Crippen LogP contribution < -0.4 is 4.74 Å². The smallest absolute Gasteiger partial charge is 0.330 e. The summed E-state index contributed by atoms with van der Waals surface area (Å²) in [6.07, 6.45) is -25.8. The molecule has 0 bridgehead atoms. The monoisotopic (exact) mass is 1150 g/mol. The lowest BCUT2D eigenvalue weighted by molar-refractivity contribution is -0.364. The largest absolute Gasteiger partial charge is 0.571 e. The molecular formula is C54H57O28+. The van der Waals surface area contributed by atoms with Crippen LogP contribution in [-0.2, 0) is 57.1 Å². The second kappa shape index (κ2) is 26.2. The Morgan fingerprint density at radius 3 is 1.65 bits per heavy atom. The number of carbonyl (C=O) groups excluding carboxylic acids is 3. The third-order valence-electron chi connectivity index (χ3n) is 13.1. The predicted molar refractivity (Wildman–Crippen MR) is 270 cm³/mol. The van der Waals surface area contributed by atoms with Gasteiger partial charge in [-0.3, -0.25) is 9.59 Å². The van der Waals surface area contributed by atoms with Crippen molar-refractivity contribution >= 4 is 42.1 Å². The maximum absolute atomic E-state index is 13.0. The number of hydrogen-bond donors (Lipinski definition) is 14. The van der Waals surface area contributed by atoms with Crippen molar-refractivity contribution in [3.63, 3.8) is 0 Å². The molecule has 4 aliphatic heterocycles. The highest BCUT2D eigenvalue weighted by Crippen LogP contribution is 2.47. The number of aliphatic carboxylic acids is 1. The van der Waals surface area contributed by atoms with E-state index in [0.717, 1.165) is 24.3 Å². The number of carbonyl (C=O) groups is 4. The first kappa shape index (κ1) is 60.0. The Morgan fingerprint density at radius 2 is 1.05 bits per heavy atom. The van der Waals surface area contributed by atoms with Gasteiger partial charge < -0.3 is 119 Å². The molecule has 0 aliphatic carbocycles. The van der Waals surface area contributed by atoms with Crippen molar-refractivity contribution in [1.29, 1.82) is 0 Å². The molecule has 4 aromatic carbocycles. The molecule has 16 atom stereocenters. The number of carboxylic acids is 1. The van der Waals surface area contributed by atoms with Crippen molar-refractivity contribution in [3.05, 3.63) is 119 Å². The van der Waals surface area contributed by atoms with Gasteiger partial charge in [0.2, 0.25) is 12.6 Å². The molecule has 440 valence electrons. The van der Waals surface area contributed by atoms with Crippen LogP contribution in [0.5, 0.6) is 40.2 Å². The van der Waals surface area contributed by atoms with Crippen LogP contribution in [0.25, 0.3) is 18.2 Å². The third kappa shape index (κ3) is 14.5. The summed E-state index contributed by atoms with van der Waals surface area (Å²) in [6.45, 7) is -2.38. The maximum atomic E-state index is 13.0. The fourth-order valence-corrected chi connectivity index (χ4v) is 8.71.